The van der Waals surface area contributed by atoms with Crippen LogP contribution in [0.4, 0.5) is 10.5 Å². The van der Waals surface area contributed by atoms with E-state index >= 15 is 0 Å². The Bertz CT molecular complexity index is 931. The van der Waals surface area contributed by atoms with Gasteiger partial charge in [-0.05, 0) is 35.9 Å². The van der Waals surface area contributed by atoms with Gasteiger partial charge < -0.3 is 9.47 Å². The van der Waals surface area contributed by atoms with E-state index in [0.717, 1.165) is 11.1 Å². The predicted molar refractivity (Wildman–Crippen MR) is 97.1 cm³/mol. The van der Waals surface area contributed by atoms with Crippen molar-refractivity contribution in [2.45, 2.75) is 6.61 Å². The summed E-state index contributed by atoms with van der Waals surface area (Å²) in [5.74, 6) is 0.706. The molecule has 3 rings (SSSR count). The van der Waals surface area contributed by atoms with Crippen LogP contribution >= 0.6 is 0 Å². The molecule has 0 aliphatic rings. The number of ether oxygens (including phenoxy) is 2. The van der Waals surface area contributed by atoms with Crippen LogP contribution < -0.4 is 15.6 Å². The van der Waals surface area contributed by atoms with Crippen molar-refractivity contribution in [1.29, 1.82) is 0 Å². The summed E-state index contributed by atoms with van der Waals surface area (Å²) in [5.41, 5.74) is 2.62. The summed E-state index contributed by atoms with van der Waals surface area (Å²) in [6.07, 6.45) is -0.553. The molecule has 0 unspecified atom stereocenters. The maximum atomic E-state index is 11.9. The number of H-pyrrole nitrogens is 1. The van der Waals surface area contributed by atoms with E-state index in [9.17, 15) is 9.59 Å². The molecule has 1 aromatic heterocycles. The third kappa shape index (κ3) is 4.47. The quantitative estimate of drug-likeness (QED) is 0.736. The van der Waals surface area contributed by atoms with Crippen LogP contribution in [0.3, 0.4) is 0 Å². The summed E-state index contributed by atoms with van der Waals surface area (Å²) in [6.45, 7) is 0.141. The number of nitrogens with zero attached hydrogens (tertiary/aromatic N) is 1. The number of methoxy groups -OCH3 is 1. The first-order chi connectivity index (χ1) is 12.6. The lowest BCUT2D eigenvalue weighted by molar-refractivity contribution is 0.155. The number of aromatic amines is 1. The van der Waals surface area contributed by atoms with Gasteiger partial charge in [-0.2, -0.15) is 5.10 Å². The zero-order valence-electron chi connectivity index (χ0n) is 14.1. The second kappa shape index (κ2) is 7.98. The Hall–Kier alpha value is -3.61. The molecule has 0 radical (unpaired) electrons. The van der Waals surface area contributed by atoms with E-state index in [2.05, 4.69) is 15.5 Å². The van der Waals surface area contributed by atoms with Crippen molar-refractivity contribution >= 4 is 11.8 Å². The number of hydrogen-bond donors (Lipinski definition) is 2. The minimum absolute atomic E-state index is 0.141. The van der Waals surface area contributed by atoms with Gasteiger partial charge in [-0.15, -0.1) is 0 Å². The molecular weight excluding hydrogens is 334 g/mol. The van der Waals surface area contributed by atoms with Gasteiger partial charge in [-0.3, -0.25) is 10.1 Å². The molecule has 7 heteroatoms. The molecule has 0 spiro atoms. The Morgan fingerprint density at radius 1 is 1.12 bits per heavy atom. The standard InChI is InChI=1S/C19H17N3O4/c1-25-16-4-2-3-13(11-16)12-26-19(24)20-15-7-5-14(6-8-15)17-9-10-18(23)22-21-17/h2-11H,12H2,1H3,(H,20,24)(H,22,23). The first kappa shape index (κ1) is 17.2. The van der Waals surface area contributed by atoms with Crippen molar-refractivity contribution in [3.05, 3.63) is 76.6 Å². The normalized spacial score (nSPS) is 10.2. The van der Waals surface area contributed by atoms with Gasteiger partial charge in [0, 0.05) is 17.3 Å². The van der Waals surface area contributed by atoms with E-state index < -0.39 is 6.09 Å². The van der Waals surface area contributed by atoms with Gasteiger partial charge >= 0.3 is 6.09 Å². The Morgan fingerprint density at radius 3 is 2.62 bits per heavy atom. The van der Waals surface area contributed by atoms with Crippen LogP contribution in [0, 0.1) is 0 Å². The minimum Gasteiger partial charge on any atom is -0.497 e. The molecule has 1 amide bonds. The average Bonchev–Trinajstić information content (AvgIpc) is 2.68. The fourth-order valence-electron chi connectivity index (χ4n) is 2.29. The van der Waals surface area contributed by atoms with Crippen molar-refractivity contribution < 1.29 is 14.3 Å². The number of nitrogens with one attached hydrogen (secondary N) is 2. The fraction of sp³-hybridized carbons (Fsp3) is 0.105. The summed E-state index contributed by atoms with van der Waals surface area (Å²) in [7, 11) is 1.58. The number of rotatable bonds is 5. The molecule has 26 heavy (non-hydrogen) atoms. The molecule has 0 aliphatic heterocycles. The van der Waals surface area contributed by atoms with Crippen LogP contribution in [0.1, 0.15) is 5.56 Å². The molecule has 0 fully saturated rings. The maximum Gasteiger partial charge on any atom is 0.411 e. The van der Waals surface area contributed by atoms with Gasteiger partial charge in [0.2, 0.25) is 0 Å². The zero-order valence-corrected chi connectivity index (χ0v) is 14.1. The molecule has 7 nitrogen and oxygen atoms in total. The van der Waals surface area contributed by atoms with Crippen molar-refractivity contribution in [1.82, 2.24) is 10.2 Å². The first-order valence-electron chi connectivity index (χ1n) is 7.87. The highest BCUT2D eigenvalue weighted by Crippen LogP contribution is 2.18. The minimum atomic E-state index is -0.553. The van der Waals surface area contributed by atoms with Crippen molar-refractivity contribution in [3.63, 3.8) is 0 Å². The Kier molecular flexibility index (Phi) is 5.28. The van der Waals surface area contributed by atoms with Crippen LogP contribution in [-0.2, 0) is 11.3 Å². The Labute approximate surface area is 149 Å². The summed E-state index contributed by atoms with van der Waals surface area (Å²) in [6, 6.07) is 17.4. The molecule has 0 bridgehead atoms. The van der Waals surface area contributed by atoms with Crippen LogP contribution in [0.25, 0.3) is 11.3 Å². The van der Waals surface area contributed by atoms with E-state index in [1.54, 1.807) is 43.5 Å². The van der Waals surface area contributed by atoms with E-state index in [-0.39, 0.29) is 12.2 Å². The number of benzene rings is 2. The summed E-state index contributed by atoms with van der Waals surface area (Å²) >= 11 is 0. The highest BCUT2D eigenvalue weighted by atomic mass is 16.5. The summed E-state index contributed by atoms with van der Waals surface area (Å²) < 4.78 is 10.3. The topological polar surface area (TPSA) is 93.3 Å². The number of hydrogen-bond acceptors (Lipinski definition) is 5. The second-order valence-corrected chi connectivity index (χ2v) is 5.44. The molecule has 3 aromatic rings. The van der Waals surface area contributed by atoms with E-state index in [0.29, 0.717) is 17.1 Å². The van der Waals surface area contributed by atoms with Gasteiger partial charge in [0.05, 0.1) is 12.8 Å². The maximum absolute atomic E-state index is 11.9. The highest BCUT2D eigenvalue weighted by Gasteiger charge is 2.06. The molecule has 2 aromatic carbocycles. The van der Waals surface area contributed by atoms with E-state index in [1.807, 2.05) is 18.2 Å². The highest BCUT2D eigenvalue weighted by molar-refractivity contribution is 5.85. The Balaban J connectivity index is 1.57. The monoisotopic (exact) mass is 351 g/mol. The zero-order chi connectivity index (χ0) is 18.4. The fourth-order valence-corrected chi connectivity index (χ4v) is 2.29. The van der Waals surface area contributed by atoms with E-state index in [1.165, 1.54) is 6.07 Å². The second-order valence-electron chi connectivity index (χ2n) is 5.44. The number of aromatic nitrogens is 2. The molecule has 1 heterocycles. The third-order valence-electron chi connectivity index (χ3n) is 3.61. The van der Waals surface area contributed by atoms with Gasteiger partial charge in [0.15, 0.2) is 0 Å². The molecule has 132 valence electrons. The molecule has 0 saturated carbocycles. The van der Waals surface area contributed by atoms with Crippen LogP contribution in [0.15, 0.2) is 65.5 Å². The predicted octanol–water partition coefficient (Wildman–Crippen LogP) is 3.19. The number of anilines is 1. The summed E-state index contributed by atoms with van der Waals surface area (Å²) in [4.78, 5) is 23.0. The molecule has 2 N–H and O–H groups in total. The molecular formula is C19H17N3O4. The van der Waals surface area contributed by atoms with Crippen molar-refractivity contribution in [2.75, 3.05) is 12.4 Å². The lowest BCUT2D eigenvalue weighted by Crippen LogP contribution is -2.13. The third-order valence-corrected chi connectivity index (χ3v) is 3.61. The average molecular weight is 351 g/mol. The van der Waals surface area contributed by atoms with Crippen LogP contribution in [0.5, 0.6) is 5.75 Å². The first-order valence-corrected chi connectivity index (χ1v) is 7.87. The van der Waals surface area contributed by atoms with Gasteiger partial charge in [-0.1, -0.05) is 24.3 Å². The van der Waals surface area contributed by atoms with Gasteiger partial charge in [0.25, 0.3) is 5.56 Å². The number of amides is 1. The van der Waals surface area contributed by atoms with Crippen molar-refractivity contribution in [2.24, 2.45) is 0 Å². The van der Waals surface area contributed by atoms with Crippen LogP contribution in [-0.4, -0.2) is 23.4 Å². The lowest BCUT2D eigenvalue weighted by atomic mass is 10.1. The molecule has 0 atom stereocenters. The molecule has 0 saturated heterocycles. The van der Waals surface area contributed by atoms with Crippen LogP contribution in [0.2, 0.25) is 0 Å². The SMILES string of the molecule is COc1cccc(COC(=O)Nc2ccc(-c3ccc(=O)[nH]n3)cc2)c1. The Morgan fingerprint density at radius 2 is 1.92 bits per heavy atom. The summed E-state index contributed by atoms with van der Waals surface area (Å²) in [5, 5.41) is 9.00. The number of carbonyl (C=O) groups excluding carboxylic acids is 1. The lowest BCUT2D eigenvalue weighted by Gasteiger charge is -2.08. The van der Waals surface area contributed by atoms with Crippen molar-refractivity contribution in [3.8, 4) is 17.0 Å². The van der Waals surface area contributed by atoms with Gasteiger partial charge in [0.1, 0.15) is 12.4 Å². The number of carbonyl (C=O) groups is 1. The molecule has 0 aliphatic carbocycles. The van der Waals surface area contributed by atoms with E-state index in [4.69, 9.17) is 9.47 Å². The smallest absolute Gasteiger partial charge is 0.411 e. The van der Waals surface area contributed by atoms with Gasteiger partial charge in [-0.25, -0.2) is 9.89 Å². The largest absolute Gasteiger partial charge is 0.497 e.